The maximum Gasteiger partial charge on any atom is 0.220 e. The number of Topliss-reactive ketones (excluding diaryl/α,β-unsaturated/α-hetero) is 1. The summed E-state index contributed by atoms with van der Waals surface area (Å²) in [6.45, 7) is 3.87. The number of H-pyrrole nitrogens is 1. The molecular formula is C25H29N3O4. The zero-order valence-electron chi connectivity index (χ0n) is 18.7. The molecule has 7 heteroatoms. The molecule has 168 valence electrons. The first-order valence-corrected chi connectivity index (χ1v) is 10.7. The highest BCUT2D eigenvalue weighted by molar-refractivity contribution is 5.94. The van der Waals surface area contributed by atoms with Crippen molar-refractivity contribution in [1.82, 2.24) is 15.3 Å². The summed E-state index contributed by atoms with van der Waals surface area (Å²) in [6.07, 6.45) is 3.39. The van der Waals surface area contributed by atoms with Gasteiger partial charge in [0.05, 0.1) is 31.6 Å². The lowest BCUT2D eigenvalue weighted by Crippen LogP contribution is -2.29. The largest absolute Gasteiger partial charge is 0.493 e. The molecule has 0 aliphatic rings. The Morgan fingerprint density at radius 3 is 2.59 bits per heavy atom. The van der Waals surface area contributed by atoms with Gasteiger partial charge < -0.3 is 19.8 Å². The van der Waals surface area contributed by atoms with Crippen LogP contribution >= 0.6 is 0 Å². The molecular weight excluding hydrogens is 406 g/mol. The van der Waals surface area contributed by atoms with E-state index in [1.165, 1.54) is 14.0 Å². The highest BCUT2D eigenvalue weighted by Crippen LogP contribution is 2.28. The van der Waals surface area contributed by atoms with Crippen molar-refractivity contribution in [2.24, 2.45) is 0 Å². The van der Waals surface area contributed by atoms with Crippen LogP contribution in [0.4, 0.5) is 0 Å². The Hall–Kier alpha value is -3.61. The summed E-state index contributed by atoms with van der Waals surface area (Å²) in [5.74, 6) is 1.70. The second-order valence-electron chi connectivity index (χ2n) is 7.45. The van der Waals surface area contributed by atoms with Gasteiger partial charge in [-0.25, -0.2) is 4.98 Å². The number of amides is 1. The van der Waals surface area contributed by atoms with Crippen molar-refractivity contribution in [2.75, 3.05) is 13.7 Å². The molecule has 7 nitrogen and oxygen atoms in total. The summed E-state index contributed by atoms with van der Waals surface area (Å²) < 4.78 is 11.0. The van der Waals surface area contributed by atoms with Crippen molar-refractivity contribution in [3.05, 3.63) is 66.1 Å². The molecule has 1 unspecified atom stereocenters. The first-order chi connectivity index (χ1) is 15.5. The van der Waals surface area contributed by atoms with Gasteiger partial charge in [-0.15, -0.1) is 0 Å². The van der Waals surface area contributed by atoms with E-state index < -0.39 is 0 Å². The third-order valence-electron chi connectivity index (χ3n) is 5.13. The second kappa shape index (κ2) is 11.1. The molecule has 0 saturated carbocycles. The van der Waals surface area contributed by atoms with Crippen LogP contribution in [0.3, 0.4) is 0 Å². The quantitative estimate of drug-likeness (QED) is 0.336. The molecule has 0 saturated heterocycles. The van der Waals surface area contributed by atoms with Gasteiger partial charge in [-0.2, -0.15) is 0 Å². The van der Waals surface area contributed by atoms with Crippen LogP contribution in [0.25, 0.3) is 11.3 Å². The lowest BCUT2D eigenvalue weighted by molar-refractivity contribution is -0.122. The zero-order valence-corrected chi connectivity index (χ0v) is 18.7. The van der Waals surface area contributed by atoms with E-state index in [-0.39, 0.29) is 17.7 Å². The fourth-order valence-electron chi connectivity index (χ4n) is 3.33. The average molecular weight is 436 g/mol. The topological polar surface area (TPSA) is 93.3 Å². The Morgan fingerprint density at radius 1 is 1.12 bits per heavy atom. The van der Waals surface area contributed by atoms with E-state index in [1.807, 2.05) is 37.3 Å². The number of ether oxygens (including phenoxy) is 2. The standard InChI is InChI=1S/C25H29N3O4/c1-4-20(25-26-16-21(28-25)18-9-6-5-7-10-18)27-24(30)11-8-14-32-22-13-12-19(17(2)29)15-23(22)31-3/h5-7,9-10,12-13,15-16,20H,4,8,11,14H2,1-3H3,(H,26,28)(H,27,30). The van der Waals surface area contributed by atoms with E-state index in [0.29, 0.717) is 36.5 Å². The summed E-state index contributed by atoms with van der Waals surface area (Å²) in [6, 6.07) is 14.8. The maximum atomic E-state index is 12.4. The van der Waals surface area contributed by atoms with E-state index in [2.05, 4.69) is 15.3 Å². The third-order valence-corrected chi connectivity index (χ3v) is 5.13. The summed E-state index contributed by atoms with van der Waals surface area (Å²) in [5, 5.41) is 3.04. The van der Waals surface area contributed by atoms with Crippen molar-refractivity contribution in [3.63, 3.8) is 0 Å². The minimum atomic E-state index is -0.180. The normalized spacial score (nSPS) is 11.6. The minimum absolute atomic E-state index is 0.0376. The van der Waals surface area contributed by atoms with Crippen LogP contribution in [0.5, 0.6) is 11.5 Å². The molecule has 0 aliphatic carbocycles. The van der Waals surface area contributed by atoms with Crippen LogP contribution in [0.15, 0.2) is 54.7 Å². The lowest BCUT2D eigenvalue weighted by Gasteiger charge is -2.15. The van der Waals surface area contributed by atoms with Gasteiger partial charge in [-0.05, 0) is 43.5 Å². The van der Waals surface area contributed by atoms with Gasteiger partial charge in [-0.1, -0.05) is 37.3 Å². The number of aromatic amines is 1. The van der Waals surface area contributed by atoms with Gasteiger partial charge >= 0.3 is 0 Å². The van der Waals surface area contributed by atoms with Crippen LogP contribution in [-0.2, 0) is 4.79 Å². The first kappa shape index (κ1) is 23.1. The van der Waals surface area contributed by atoms with Crippen molar-refractivity contribution >= 4 is 11.7 Å². The number of nitrogens with one attached hydrogen (secondary N) is 2. The molecule has 0 radical (unpaired) electrons. The molecule has 32 heavy (non-hydrogen) atoms. The number of rotatable bonds is 11. The Bertz CT molecular complexity index is 1050. The second-order valence-corrected chi connectivity index (χ2v) is 7.45. The van der Waals surface area contributed by atoms with Gasteiger partial charge in [0.15, 0.2) is 17.3 Å². The highest BCUT2D eigenvalue weighted by Gasteiger charge is 2.16. The molecule has 0 bridgehead atoms. The molecule has 3 aromatic rings. The molecule has 0 fully saturated rings. The monoisotopic (exact) mass is 435 g/mol. The molecule has 0 aliphatic heterocycles. The molecule has 2 aromatic carbocycles. The van der Waals surface area contributed by atoms with Gasteiger partial charge in [0.25, 0.3) is 0 Å². The van der Waals surface area contributed by atoms with E-state index in [9.17, 15) is 9.59 Å². The first-order valence-electron chi connectivity index (χ1n) is 10.7. The molecule has 2 N–H and O–H groups in total. The Balaban J connectivity index is 1.49. The number of nitrogens with zero attached hydrogens (tertiary/aromatic N) is 1. The number of hydrogen-bond acceptors (Lipinski definition) is 5. The fourth-order valence-corrected chi connectivity index (χ4v) is 3.33. The Morgan fingerprint density at radius 2 is 1.91 bits per heavy atom. The molecule has 1 atom stereocenters. The highest BCUT2D eigenvalue weighted by atomic mass is 16.5. The molecule has 1 heterocycles. The third kappa shape index (κ3) is 5.97. The summed E-state index contributed by atoms with van der Waals surface area (Å²) >= 11 is 0. The molecule has 0 spiro atoms. The maximum absolute atomic E-state index is 12.4. The van der Waals surface area contributed by atoms with Crippen LogP contribution in [-0.4, -0.2) is 35.4 Å². The number of imidazole rings is 1. The zero-order chi connectivity index (χ0) is 22.9. The molecule has 3 rings (SSSR count). The van der Waals surface area contributed by atoms with E-state index in [0.717, 1.165) is 23.5 Å². The fraction of sp³-hybridized carbons (Fsp3) is 0.320. The Kier molecular flexibility index (Phi) is 8.02. The van der Waals surface area contributed by atoms with Crippen LogP contribution in [0, 0.1) is 0 Å². The van der Waals surface area contributed by atoms with Crippen molar-refractivity contribution in [1.29, 1.82) is 0 Å². The number of aromatic nitrogens is 2. The predicted octanol–water partition coefficient (Wildman–Crippen LogP) is 4.71. The number of methoxy groups -OCH3 is 1. The number of carbonyl (C=O) groups is 2. The van der Waals surface area contributed by atoms with Crippen molar-refractivity contribution < 1.29 is 19.1 Å². The molecule has 1 aromatic heterocycles. The van der Waals surface area contributed by atoms with E-state index in [1.54, 1.807) is 24.4 Å². The predicted molar refractivity (Wildman–Crippen MR) is 123 cm³/mol. The van der Waals surface area contributed by atoms with Gasteiger partial charge in [-0.3, -0.25) is 9.59 Å². The summed E-state index contributed by atoms with van der Waals surface area (Å²) in [5.41, 5.74) is 2.54. The van der Waals surface area contributed by atoms with E-state index in [4.69, 9.17) is 9.47 Å². The number of hydrogen-bond donors (Lipinski definition) is 2. The molecule has 1 amide bonds. The van der Waals surface area contributed by atoms with Crippen LogP contribution < -0.4 is 14.8 Å². The number of benzene rings is 2. The summed E-state index contributed by atoms with van der Waals surface area (Å²) in [7, 11) is 1.53. The number of carbonyl (C=O) groups excluding carboxylic acids is 2. The smallest absolute Gasteiger partial charge is 0.220 e. The van der Waals surface area contributed by atoms with Gasteiger partial charge in [0.1, 0.15) is 5.82 Å². The summed E-state index contributed by atoms with van der Waals surface area (Å²) in [4.78, 5) is 31.7. The van der Waals surface area contributed by atoms with Gasteiger partial charge in [0, 0.05) is 12.0 Å². The SMILES string of the molecule is CCC(NC(=O)CCCOc1ccc(C(C)=O)cc1OC)c1ncc(-c2ccccc2)[nH]1. The minimum Gasteiger partial charge on any atom is -0.493 e. The van der Waals surface area contributed by atoms with Crippen LogP contribution in [0.1, 0.15) is 55.3 Å². The Labute approximate surface area is 188 Å². The number of ketones is 1. The van der Waals surface area contributed by atoms with Crippen molar-refractivity contribution in [2.45, 2.75) is 39.2 Å². The average Bonchev–Trinajstić information content (AvgIpc) is 3.31. The van der Waals surface area contributed by atoms with Gasteiger partial charge in [0.2, 0.25) is 5.91 Å². The van der Waals surface area contributed by atoms with Crippen molar-refractivity contribution in [3.8, 4) is 22.8 Å². The lowest BCUT2D eigenvalue weighted by atomic mass is 10.1. The van der Waals surface area contributed by atoms with E-state index >= 15 is 0 Å². The van der Waals surface area contributed by atoms with Crippen LogP contribution in [0.2, 0.25) is 0 Å².